The van der Waals surface area contributed by atoms with Gasteiger partial charge in [-0.15, -0.1) is 23.2 Å². The van der Waals surface area contributed by atoms with Crippen molar-refractivity contribution in [1.82, 2.24) is 0 Å². The first-order chi connectivity index (χ1) is 33.8. The van der Waals surface area contributed by atoms with Gasteiger partial charge in [-0.3, -0.25) is 19.2 Å². The number of alkyl halides is 2. The van der Waals surface area contributed by atoms with Gasteiger partial charge in [-0.1, -0.05) is 12.1 Å². The van der Waals surface area contributed by atoms with Crippen LogP contribution in [0.3, 0.4) is 0 Å². The molecule has 1 aliphatic rings. The second-order valence-electron chi connectivity index (χ2n) is 19.8. The molecule has 0 N–H and O–H groups in total. The van der Waals surface area contributed by atoms with Gasteiger partial charge in [0.05, 0.1) is 5.34 Å². The lowest BCUT2D eigenvalue weighted by Gasteiger charge is -2.24. The summed E-state index contributed by atoms with van der Waals surface area (Å²) in [5.74, 6) is -0.690. The van der Waals surface area contributed by atoms with E-state index in [4.69, 9.17) is 53.3 Å². The van der Waals surface area contributed by atoms with Crippen molar-refractivity contribution in [2.75, 3.05) is 5.34 Å². The Morgan fingerprint density at radius 2 is 0.562 bits per heavy atom. The van der Waals surface area contributed by atoms with Crippen molar-refractivity contribution in [1.29, 1.82) is 0 Å². The number of Topliss-reactive ketones (excluding diaryl/α,β-unsaturated/α-hetero) is 2. The van der Waals surface area contributed by atoms with Gasteiger partial charge in [-0.25, -0.2) is 30.1 Å². The highest BCUT2D eigenvalue weighted by Gasteiger charge is 2.37. The molecule has 0 heterocycles. The van der Waals surface area contributed by atoms with Crippen LogP contribution in [-0.2, 0) is 9.59 Å². The predicted octanol–water partition coefficient (Wildman–Crippen LogP) is 19.5. The van der Waals surface area contributed by atoms with E-state index in [1.807, 2.05) is 13.8 Å². The Morgan fingerprint density at radius 1 is 0.329 bits per heavy atom. The second-order valence-corrected chi connectivity index (χ2v) is 27.7. The number of fused-ring (bicyclic) bond motifs is 9. The summed E-state index contributed by atoms with van der Waals surface area (Å²) in [5.41, 5.74) is 27.4. The maximum atomic E-state index is 13.3. The number of halogens is 7. The lowest BCUT2D eigenvalue weighted by molar-refractivity contribution is -0.127. The molecule has 0 saturated heterocycles. The third-order valence-electron chi connectivity index (χ3n) is 16.6. The van der Waals surface area contributed by atoms with E-state index < -0.39 is 21.9 Å². The monoisotopic (exact) mass is 1130 g/mol. The molecule has 0 spiro atoms. The lowest BCUT2D eigenvalue weighted by atomic mass is 9.79. The smallest absolute Gasteiger partial charge is 0.285 e. The van der Waals surface area contributed by atoms with Crippen molar-refractivity contribution < 1.29 is 19.2 Å². The van der Waals surface area contributed by atoms with Gasteiger partial charge in [0.2, 0.25) is 11.6 Å². The van der Waals surface area contributed by atoms with Crippen LogP contribution >= 0.6 is 76.6 Å². The zero-order valence-corrected chi connectivity index (χ0v) is 52.2. The van der Waals surface area contributed by atoms with E-state index in [0.717, 1.165) is 32.8 Å². The maximum Gasteiger partial charge on any atom is 0.643 e. The highest BCUT2D eigenvalue weighted by atomic mass is 35.8. The Hall–Kier alpha value is -3.44. The van der Waals surface area contributed by atoms with E-state index in [2.05, 4.69) is 160 Å². The summed E-state index contributed by atoms with van der Waals surface area (Å²) < 4.78 is 0. The fourth-order valence-corrected chi connectivity index (χ4v) is 11.6. The molecular formula is C61H64AlCl7O4. The summed E-state index contributed by atoms with van der Waals surface area (Å²) in [5, 5.41) is 13.5. The Morgan fingerprint density at radius 3 is 0.945 bits per heavy atom. The van der Waals surface area contributed by atoms with Crippen LogP contribution in [0, 0.1) is 138 Å². The summed E-state index contributed by atoms with van der Waals surface area (Å²) >= 11 is 16.8. The topological polar surface area (TPSA) is 68.3 Å². The molecule has 1 aliphatic carbocycles. The second kappa shape index (κ2) is 23.0. The summed E-state index contributed by atoms with van der Waals surface area (Å²) in [6, 6.07) is 4.79. The van der Waals surface area contributed by atoms with Crippen LogP contribution < -0.4 is 0 Å². The van der Waals surface area contributed by atoms with Crippen LogP contribution in [0.4, 0.5) is 0 Å². The van der Waals surface area contributed by atoms with Crippen molar-refractivity contribution in [3.63, 3.8) is 0 Å². The lowest BCUT2D eigenvalue weighted by Crippen LogP contribution is -2.09. The van der Waals surface area contributed by atoms with Gasteiger partial charge in [-0.2, -0.15) is 0 Å². The molecule has 0 amide bonds. The predicted molar refractivity (Wildman–Crippen MR) is 323 cm³/mol. The van der Waals surface area contributed by atoms with Crippen LogP contribution in [0.25, 0.3) is 64.6 Å². The van der Waals surface area contributed by atoms with Gasteiger partial charge in [0.1, 0.15) is 0 Å². The molecule has 384 valence electrons. The number of carbonyl (C=O) groups is 4. The first-order valence-electron chi connectivity index (χ1n) is 24.0. The average Bonchev–Trinajstić information content (AvgIpc) is 3.58. The summed E-state index contributed by atoms with van der Waals surface area (Å²) in [6.45, 7) is 44.4. The van der Waals surface area contributed by atoms with E-state index in [1.54, 1.807) is 0 Å². The first kappa shape index (κ1) is 60.4. The quantitative estimate of drug-likeness (QED) is 0.0540. The molecule has 73 heavy (non-hydrogen) atoms. The third kappa shape index (κ3) is 10.2. The number of rotatable bonds is 1. The number of ketones is 2. The number of hydrogen-bond donors (Lipinski definition) is 0. The standard InChI is InChI=1S/C30H30O2.C28H32.C2Cl2O2.CH2Cl2.Al.3ClH/c1-11-12(2)15(5)22-21(14(11)4)18(8)19(9)23-24-16(6)13(3)17(7)26-28(24)27(20(10)25(22)23)30(32)29(26)31;1-13-11-23-12-14(2)24-27-20(8)17(5)16(4)19(7)25(27)21(9)22(10)28(24)26(23)18(6)15(13)3;3-1(5)2(4)6;2-1-3;;;;/h1-10H3;11-12H,1-10H3;;1H2;;3*1H/q;;;;+3;;;/p-3. The Balaban J connectivity index is 0.000000220. The molecule has 12 heteroatoms. The number of hydrogen-bond acceptors (Lipinski definition) is 4. The van der Waals surface area contributed by atoms with Gasteiger partial charge in [0.25, 0.3) is 0 Å². The van der Waals surface area contributed by atoms with Crippen molar-refractivity contribution in [3.8, 4) is 0 Å². The minimum absolute atomic E-state index is 0.194. The van der Waals surface area contributed by atoms with E-state index in [1.165, 1.54) is 143 Å². The number of benzene rings is 8. The van der Waals surface area contributed by atoms with E-state index in [9.17, 15) is 19.2 Å². The Bertz CT molecular complexity index is 3740. The molecule has 8 aromatic carbocycles. The zero-order valence-electron chi connectivity index (χ0n) is 45.7. The van der Waals surface area contributed by atoms with Crippen molar-refractivity contribution in [3.05, 3.63) is 135 Å². The molecule has 0 atom stereocenters. The van der Waals surface area contributed by atoms with E-state index >= 15 is 0 Å². The SMILES string of the molecule is Cc1c(C)c(C)c2c(c1C)c(C)c(C)c1c3c(C)c(C)c(C)c4c3c(c(C)c21)C(=O)C4=O.Cc1cc2cc(C)c3c4c(C)c(C)c(C)c(C)c4c(C)c(C)c3c2c(C)c1C.ClCCl.O=C(Cl)C(=O)Cl.[Cl][Al]([Cl])[Cl]. The van der Waals surface area contributed by atoms with Gasteiger partial charge in [0, 0.05) is 16.5 Å². The van der Waals surface area contributed by atoms with Crippen molar-refractivity contribution in [2.45, 2.75) is 138 Å². The summed E-state index contributed by atoms with van der Waals surface area (Å²) in [7, 11) is 14.8. The third-order valence-corrected chi connectivity index (χ3v) is 17.1. The van der Waals surface area contributed by atoms with Gasteiger partial charge in [-0.05, 0) is 332 Å². The largest absolute Gasteiger partial charge is 0.643 e. The molecule has 0 unspecified atom stereocenters. The van der Waals surface area contributed by atoms with Crippen molar-refractivity contribution in [2.24, 2.45) is 0 Å². The summed E-state index contributed by atoms with van der Waals surface area (Å²) in [4.78, 5) is 45.4. The fraction of sp³-hybridized carbons (Fsp3) is 0.344. The van der Waals surface area contributed by atoms with Crippen LogP contribution in [0.5, 0.6) is 0 Å². The van der Waals surface area contributed by atoms with Gasteiger partial charge in [0.15, 0.2) is 0 Å². The fourth-order valence-electron chi connectivity index (χ4n) is 11.6. The van der Waals surface area contributed by atoms with Crippen LogP contribution in [-0.4, -0.2) is 38.8 Å². The molecule has 9 rings (SSSR count). The molecule has 0 aromatic heterocycles. The maximum absolute atomic E-state index is 13.3. The van der Waals surface area contributed by atoms with Crippen LogP contribution in [0.1, 0.15) is 132 Å². The van der Waals surface area contributed by atoms with Gasteiger partial charge < -0.3 is 0 Å². The minimum atomic E-state index is -1.72. The molecule has 0 radical (unpaired) electrons. The van der Waals surface area contributed by atoms with Crippen LogP contribution in [0.2, 0.25) is 0 Å². The molecular weight excluding hydrogens is 1070 g/mol. The van der Waals surface area contributed by atoms with Crippen LogP contribution in [0.15, 0.2) is 12.1 Å². The molecule has 0 saturated carbocycles. The Kier molecular flexibility index (Phi) is 19.1. The number of aryl methyl sites for hydroxylation is 13. The first-order valence-corrected chi connectivity index (χ1v) is 31.1. The number of carbonyl (C=O) groups excluding carboxylic acids is 4. The molecule has 0 fully saturated rings. The Labute approximate surface area is 468 Å². The van der Waals surface area contributed by atoms with Crippen molar-refractivity contribution >= 4 is 175 Å². The average molecular weight is 1140 g/mol. The highest BCUT2D eigenvalue weighted by molar-refractivity contribution is 7.54. The molecule has 0 bridgehead atoms. The molecule has 8 aromatic rings. The van der Waals surface area contributed by atoms with Gasteiger partial charge >= 0.3 is 21.9 Å². The van der Waals surface area contributed by atoms with E-state index in [-0.39, 0.29) is 16.9 Å². The van der Waals surface area contributed by atoms with E-state index in [0.29, 0.717) is 11.1 Å². The summed E-state index contributed by atoms with van der Waals surface area (Å²) in [6.07, 6.45) is 0. The molecule has 0 aliphatic heterocycles. The molecule has 4 nitrogen and oxygen atoms in total. The zero-order chi connectivity index (χ0) is 55.6. The normalized spacial score (nSPS) is 11.7. The minimum Gasteiger partial charge on any atom is -0.285 e. The highest BCUT2D eigenvalue weighted by Crippen LogP contribution is 2.49.